The molecule has 1 aromatic rings. The molecule has 0 fully saturated rings. The van der Waals surface area contributed by atoms with Crippen molar-refractivity contribution in [2.24, 2.45) is 5.92 Å². The molecule has 1 aromatic carbocycles. The highest BCUT2D eigenvalue weighted by Gasteiger charge is 2.11. The van der Waals surface area contributed by atoms with Gasteiger partial charge in [0.15, 0.2) is 0 Å². The van der Waals surface area contributed by atoms with Crippen molar-refractivity contribution in [2.75, 3.05) is 34.8 Å². The molecule has 5 heteroatoms. The summed E-state index contributed by atoms with van der Waals surface area (Å²) in [6.45, 7) is 2.77. The molecule has 0 aromatic heterocycles. The number of thiocarbonyl (C=S) groups is 2. The van der Waals surface area contributed by atoms with Crippen molar-refractivity contribution in [1.29, 1.82) is 0 Å². The van der Waals surface area contributed by atoms with Gasteiger partial charge >= 0.3 is 0 Å². The average Bonchev–Trinajstić information content (AvgIpc) is 2.45. The SMILES string of the molecule is CC(CCOc1cccc(C(=S)N(C)C)c1)C(=S)N(C)C. The zero-order chi connectivity index (χ0) is 16.0. The lowest BCUT2D eigenvalue weighted by atomic mass is 10.1. The molecular formula is C16H24N2OS2. The summed E-state index contributed by atoms with van der Waals surface area (Å²) in [5.41, 5.74) is 1.00. The minimum atomic E-state index is 0.334. The van der Waals surface area contributed by atoms with E-state index in [1.54, 1.807) is 0 Å². The van der Waals surface area contributed by atoms with E-state index in [4.69, 9.17) is 29.2 Å². The van der Waals surface area contributed by atoms with Crippen molar-refractivity contribution in [1.82, 2.24) is 9.80 Å². The molecule has 0 aliphatic rings. The number of hydrogen-bond donors (Lipinski definition) is 0. The Bertz CT molecular complexity index is 501. The van der Waals surface area contributed by atoms with Crippen molar-refractivity contribution in [3.63, 3.8) is 0 Å². The predicted molar refractivity (Wildman–Crippen MR) is 97.4 cm³/mol. The second kappa shape index (κ2) is 8.29. The van der Waals surface area contributed by atoms with Gasteiger partial charge < -0.3 is 14.5 Å². The fraction of sp³-hybridized carbons (Fsp3) is 0.500. The highest BCUT2D eigenvalue weighted by Crippen LogP contribution is 2.16. The van der Waals surface area contributed by atoms with Crippen LogP contribution in [0.15, 0.2) is 24.3 Å². The Labute approximate surface area is 138 Å². The normalized spacial score (nSPS) is 11.7. The minimum Gasteiger partial charge on any atom is -0.494 e. The first-order valence-corrected chi connectivity index (χ1v) is 7.80. The van der Waals surface area contributed by atoms with Gasteiger partial charge in [-0.15, -0.1) is 0 Å². The first-order valence-electron chi connectivity index (χ1n) is 6.98. The van der Waals surface area contributed by atoms with Crippen LogP contribution in [-0.2, 0) is 0 Å². The predicted octanol–water partition coefficient (Wildman–Crippen LogP) is 3.22. The van der Waals surface area contributed by atoms with Gasteiger partial charge in [0.1, 0.15) is 10.7 Å². The summed E-state index contributed by atoms with van der Waals surface area (Å²) in [7, 11) is 7.84. The molecule has 0 N–H and O–H groups in total. The van der Waals surface area contributed by atoms with Crippen LogP contribution in [0.25, 0.3) is 0 Å². The highest BCUT2D eigenvalue weighted by molar-refractivity contribution is 7.80. The molecule has 21 heavy (non-hydrogen) atoms. The standard InChI is InChI=1S/C16H24N2OS2/c1-12(15(20)17(2)3)9-10-19-14-8-6-7-13(11-14)16(21)18(4)5/h6-8,11-12H,9-10H2,1-5H3. The number of benzene rings is 1. The van der Waals surface area contributed by atoms with E-state index in [9.17, 15) is 0 Å². The van der Waals surface area contributed by atoms with Crippen molar-refractivity contribution in [2.45, 2.75) is 13.3 Å². The Hall–Kier alpha value is -1.20. The molecule has 0 saturated carbocycles. The van der Waals surface area contributed by atoms with Crippen molar-refractivity contribution < 1.29 is 4.74 Å². The van der Waals surface area contributed by atoms with Crippen molar-refractivity contribution >= 4 is 34.4 Å². The molecule has 0 heterocycles. The Morgan fingerprint density at radius 2 is 1.81 bits per heavy atom. The van der Waals surface area contributed by atoms with E-state index in [1.165, 1.54) is 0 Å². The lowest BCUT2D eigenvalue weighted by molar-refractivity contribution is 0.297. The summed E-state index contributed by atoms with van der Waals surface area (Å²) in [4.78, 5) is 5.67. The second-order valence-electron chi connectivity index (χ2n) is 5.50. The van der Waals surface area contributed by atoms with Gasteiger partial charge in [-0.25, -0.2) is 0 Å². The molecule has 0 radical (unpaired) electrons. The Morgan fingerprint density at radius 1 is 1.14 bits per heavy atom. The summed E-state index contributed by atoms with van der Waals surface area (Å²) in [6, 6.07) is 7.90. The third kappa shape index (κ3) is 5.59. The van der Waals surface area contributed by atoms with Gasteiger partial charge in [-0.3, -0.25) is 0 Å². The molecule has 0 saturated heterocycles. The quantitative estimate of drug-likeness (QED) is 0.744. The fourth-order valence-electron chi connectivity index (χ4n) is 1.89. The maximum absolute atomic E-state index is 5.82. The van der Waals surface area contributed by atoms with E-state index >= 15 is 0 Å². The van der Waals surface area contributed by atoms with Crippen LogP contribution in [0.4, 0.5) is 0 Å². The highest BCUT2D eigenvalue weighted by atomic mass is 32.1. The fourth-order valence-corrected chi connectivity index (χ4v) is 2.14. The zero-order valence-electron chi connectivity index (χ0n) is 13.4. The third-order valence-corrected chi connectivity index (χ3v) is 4.54. The maximum atomic E-state index is 5.82. The van der Waals surface area contributed by atoms with E-state index in [0.29, 0.717) is 12.5 Å². The Balaban J connectivity index is 2.55. The van der Waals surface area contributed by atoms with Crippen LogP contribution >= 0.6 is 24.4 Å². The number of ether oxygens (including phenoxy) is 1. The molecule has 1 atom stereocenters. The summed E-state index contributed by atoms with van der Waals surface area (Å²) in [5, 5.41) is 0. The van der Waals surface area contributed by atoms with Crippen LogP contribution in [0, 0.1) is 5.92 Å². The van der Waals surface area contributed by atoms with Crippen LogP contribution in [0.1, 0.15) is 18.9 Å². The second-order valence-corrected chi connectivity index (χ2v) is 6.30. The zero-order valence-corrected chi connectivity index (χ0v) is 15.1. The molecule has 0 amide bonds. The van der Waals surface area contributed by atoms with Gasteiger partial charge in [-0.05, 0) is 18.6 Å². The maximum Gasteiger partial charge on any atom is 0.119 e. The van der Waals surface area contributed by atoms with Crippen LogP contribution < -0.4 is 4.74 Å². The number of rotatable bonds is 6. The van der Waals surface area contributed by atoms with E-state index in [2.05, 4.69) is 6.92 Å². The summed E-state index contributed by atoms with van der Waals surface area (Å²) >= 11 is 10.7. The van der Waals surface area contributed by atoms with E-state index in [1.807, 2.05) is 62.3 Å². The van der Waals surface area contributed by atoms with Crippen LogP contribution in [0.3, 0.4) is 0 Å². The van der Waals surface area contributed by atoms with Gasteiger partial charge in [-0.2, -0.15) is 0 Å². The molecular weight excluding hydrogens is 300 g/mol. The van der Waals surface area contributed by atoms with Crippen molar-refractivity contribution in [3.8, 4) is 5.75 Å². The van der Waals surface area contributed by atoms with Crippen molar-refractivity contribution in [3.05, 3.63) is 29.8 Å². The molecule has 1 rings (SSSR count). The lowest BCUT2D eigenvalue weighted by Gasteiger charge is -2.20. The minimum absolute atomic E-state index is 0.334. The third-order valence-electron chi connectivity index (χ3n) is 3.17. The number of nitrogens with zero attached hydrogens (tertiary/aromatic N) is 2. The van der Waals surface area contributed by atoms with Crippen LogP contribution in [0.2, 0.25) is 0 Å². The molecule has 0 bridgehead atoms. The van der Waals surface area contributed by atoms with Gasteiger partial charge in [0.2, 0.25) is 0 Å². The largest absolute Gasteiger partial charge is 0.494 e. The smallest absolute Gasteiger partial charge is 0.119 e. The Kier molecular flexibility index (Phi) is 7.05. The van der Waals surface area contributed by atoms with E-state index in [-0.39, 0.29) is 0 Å². The van der Waals surface area contributed by atoms with Gasteiger partial charge in [0, 0.05) is 39.7 Å². The number of hydrogen-bond acceptors (Lipinski definition) is 3. The molecule has 3 nitrogen and oxygen atoms in total. The van der Waals surface area contributed by atoms with Gasteiger partial charge in [-0.1, -0.05) is 43.5 Å². The lowest BCUT2D eigenvalue weighted by Crippen LogP contribution is -2.27. The molecule has 0 aliphatic carbocycles. The van der Waals surface area contributed by atoms with E-state index < -0.39 is 0 Å². The molecule has 0 spiro atoms. The average molecular weight is 325 g/mol. The molecule has 116 valence electrons. The van der Waals surface area contributed by atoms with Gasteiger partial charge in [0.25, 0.3) is 0 Å². The van der Waals surface area contributed by atoms with Crippen LogP contribution in [0.5, 0.6) is 5.75 Å². The summed E-state index contributed by atoms with van der Waals surface area (Å²) < 4.78 is 5.82. The van der Waals surface area contributed by atoms with E-state index in [0.717, 1.165) is 27.7 Å². The molecule has 0 aliphatic heterocycles. The Morgan fingerprint density at radius 3 is 2.38 bits per heavy atom. The summed E-state index contributed by atoms with van der Waals surface area (Å²) in [5.74, 6) is 1.18. The first kappa shape index (κ1) is 17.9. The van der Waals surface area contributed by atoms with Crippen LogP contribution in [-0.4, -0.2) is 54.6 Å². The topological polar surface area (TPSA) is 15.7 Å². The molecule has 1 unspecified atom stereocenters. The summed E-state index contributed by atoms with van der Waals surface area (Å²) in [6.07, 6.45) is 0.902. The van der Waals surface area contributed by atoms with Gasteiger partial charge in [0.05, 0.1) is 11.6 Å². The monoisotopic (exact) mass is 324 g/mol. The first-order chi connectivity index (χ1) is 9.82.